The van der Waals surface area contributed by atoms with Crippen LogP contribution in [0.5, 0.6) is 17.2 Å². The fraction of sp³-hybridized carbons (Fsp3) is 0.516. The van der Waals surface area contributed by atoms with Crippen LogP contribution in [0.15, 0.2) is 42.5 Å². The van der Waals surface area contributed by atoms with Gasteiger partial charge in [-0.15, -0.1) is 13.2 Å². The highest BCUT2D eigenvalue weighted by Gasteiger charge is 2.73. The van der Waals surface area contributed by atoms with Crippen LogP contribution >= 0.6 is 0 Å². The number of benzene rings is 2. The molecular formula is C31H33F3N2O5. The van der Waals surface area contributed by atoms with Crippen molar-refractivity contribution in [2.75, 3.05) is 20.1 Å². The fourth-order valence-corrected chi connectivity index (χ4v) is 8.12. The standard InChI is InChI=1S/C31H33F3N2O5/c1-35(25(38)10-7-18-3-2-4-21(15-18)41-31(32,33)34)22-11-12-30(39)24-16-20-8-9-23(37)27-26(20)29(30,28(22)40-27)13-14-36(24)17-19-5-6-19/h2-4,7-10,15,19,22,24,28,37,39H,5-6,11-14,16-17H2,1H3/b10-7+/t22?,24-,28?,29+,30?/m1/s1. The molecule has 2 heterocycles. The number of hydrogen-bond donors (Lipinski definition) is 2. The van der Waals surface area contributed by atoms with E-state index in [1.165, 1.54) is 43.2 Å². The van der Waals surface area contributed by atoms with Crippen LogP contribution in [-0.4, -0.2) is 76.2 Å². The first-order valence-corrected chi connectivity index (χ1v) is 14.3. The van der Waals surface area contributed by atoms with Crippen molar-refractivity contribution in [2.45, 2.75) is 74.1 Å². The van der Waals surface area contributed by atoms with E-state index < -0.39 is 23.5 Å². The number of carbonyl (C=O) groups excluding carboxylic acids is 1. The van der Waals surface area contributed by atoms with Crippen molar-refractivity contribution in [3.8, 4) is 17.2 Å². The molecule has 41 heavy (non-hydrogen) atoms. The van der Waals surface area contributed by atoms with Gasteiger partial charge in [-0.05, 0) is 86.4 Å². The van der Waals surface area contributed by atoms with E-state index in [1.807, 2.05) is 6.07 Å². The second-order valence-electron chi connectivity index (χ2n) is 12.3. The highest BCUT2D eigenvalue weighted by Crippen LogP contribution is 2.66. The molecule has 3 aliphatic carbocycles. The number of rotatable bonds is 6. The number of likely N-dealkylation sites (N-methyl/N-ethyl adjacent to an activating group) is 1. The van der Waals surface area contributed by atoms with Gasteiger partial charge in [-0.3, -0.25) is 9.69 Å². The lowest BCUT2D eigenvalue weighted by Gasteiger charge is -2.64. The lowest BCUT2D eigenvalue weighted by atomic mass is 9.48. The van der Waals surface area contributed by atoms with E-state index in [1.54, 1.807) is 24.1 Å². The van der Waals surface area contributed by atoms with Crippen molar-refractivity contribution >= 4 is 12.0 Å². The molecule has 1 saturated heterocycles. The molecule has 2 N–H and O–H groups in total. The number of ether oxygens (including phenoxy) is 2. The smallest absolute Gasteiger partial charge is 0.504 e. The van der Waals surface area contributed by atoms with Gasteiger partial charge in [0.2, 0.25) is 5.91 Å². The van der Waals surface area contributed by atoms with E-state index in [-0.39, 0.29) is 29.5 Å². The first-order valence-electron chi connectivity index (χ1n) is 14.3. The molecular weight excluding hydrogens is 537 g/mol. The molecule has 7 rings (SSSR count). The number of alkyl halides is 3. The number of aromatic hydroxyl groups is 1. The number of hydrogen-bond acceptors (Lipinski definition) is 6. The molecule has 2 aromatic rings. The Bertz CT molecular complexity index is 1420. The van der Waals surface area contributed by atoms with Crippen molar-refractivity contribution in [1.82, 2.24) is 9.80 Å². The fourth-order valence-electron chi connectivity index (χ4n) is 8.12. The molecule has 5 atom stereocenters. The van der Waals surface area contributed by atoms with Crippen LogP contribution < -0.4 is 9.47 Å². The maximum atomic E-state index is 13.4. The van der Waals surface area contributed by atoms with Crippen molar-refractivity contribution in [1.29, 1.82) is 0 Å². The number of likely N-dealkylation sites (tertiary alicyclic amines) is 1. The highest BCUT2D eigenvalue weighted by atomic mass is 19.4. The second kappa shape index (κ2) is 9.13. The van der Waals surface area contributed by atoms with E-state index in [4.69, 9.17) is 4.74 Å². The summed E-state index contributed by atoms with van der Waals surface area (Å²) in [7, 11) is 1.69. The molecule has 0 radical (unpaired) electrons. The average Bonchev–Trinajstić information content (AvgIpc) is 3.66. The monoisotopic (exact) mass is 570 g/mol. The largest absolute Gasteiger partial charge is 0.573 e. The minimum Gasteiger partial charge on any atom is -0.504 e. The van der Waals surface area contributed by atoms with Crippen LogP contribution in [0.3, 0.4) is 0 Å². The zero-order valence-corrected chi connectivity index (χ0v) is 22.7. The van der Waals surface area contributed by atoms with Crippen LogP contribution in [0.2, 0.25) is 0 Å². The van der Waals surface area contributed by atoms with Gasteiger partial charge in [0, 0.05) is 31.3 Å². The first-order chi connectivity index (χ1) is 19.5. The third-order valence-electron chi connectivity index (χ3n) is 10.1. The Morgan fingerprint density at radius 1 is 1.22 bits per heavy atom. The Labute approximate surface area is 236 Å². The van der Waals surface area contributed by atoms with Crippen molar-refractivity contribution in [3.05, 3.63) is 59.2 Å². The number of phenols is 1. The summed E-state index contributed by atoms with van der Waals surface area (Å²) >= 11 is 0. The number of nitrogens with zero attached hydrogens (tertiary/aromatic N) is 2. The molecule has 2 saturated carbocycles. The number of phenolic OH excluding ortho intramolecular Hbond substituents is 1. The molecule has 1 spiro atoms. The maximum absolute atomic E-state index is 13.4. The summed E-state index contributed by atoms with van der Waals surface area (Å²) in [4.78, 5) is 17.5. The van der Waals surface area contributed by atoms with Gasteiger partial charge in [0.25, 0.3) is 0 Å². The lowest BCUT2D eigenvalue weighted by molar-refractivity contribution is -0.274. The van der Waals surface area contributed by atoms with Crippen molar-refractivity contribution in [2.24, 2.45) is 5.92 Å². The SMILES string of the molecule is CN(C(=O)/C=C/c1cccc(OC(F)(F)F)c1)C1CCC2(O)[C@H]3Cc4ccc(O)c5c4[C@@]2(CCN3CC2CC2)C1O5. The number of halogens is 3. The van der Waals surface area contributed by atoms with Gasteiger partial charge in [0.15, 0.2) is 11.5 Å². The van der Waals surface area contributed by atoms with Gasteiger partial charge in [-0.25, -0.2) is 0 Å². The van der Waals surface area contributed by atoms with Gasteiger partial charge in [0.1, 0.15) is 11.9 Å². The van der Waals surface area contributed by atoms with Gasteiger partial charge in [-0.2, -0.15) is 0 Å². The molecule has 2 aliphatic heterocycles. The number of piperidine rings is 1. The Morgan fingerprint density at radius 2 is 2.02 bits per heavy atom. The quantitative estimate of drug-likeness (QED) is 0.502. The van der Waals surface area contributed by atoms with Gasteiger partial charge >= 0.3 is 6.36 Å². The average molecular weight is 571 g/mol. The number of aliphatic hydroxyl groups is 1. The lowest BCUT2D eigenvalue weighted by Crippen LogP contribution is -2.78. The highest BCUT2D eigenvalue weighted by molar-refractivity contribution is 5.92. The molecule has 7 nitrogen and oxygen atoms in total. The Balaban J connectivity index is 1.18. The molecule has 2 aromatic carbocycles. The predicted molar refractivity (Wildman–Crippen MR) is 144 cm³/mol. The molecule has 3 unspecified atom stereocenters. The number of amides is 1. The molecule has 2 bridgehead atoms. The minimum atomic E-state index is -4.81. The summed E-state index contributed by atoms with van der Waals surface area (Å²) in [6.45, 7) is 1.80. The molecule has 218 valence electrons. The molecule has 3 fully saturated rings. The van der Waals surface area contributed by atoms with Crippen LogP contribution in [0.4, 0.5) is 13.2 Å². The van der Waals surface area contributed by atoms with Crippen LogP contribution in [0.25, 0.3) is 6.08 Å². The molecule has 10 heteroatoms. The molecule has 5 aliphatic rings. The molecule has 0 aromatic heterocycles. The topological polar surface area (TPSA) is 82.5 Å². The van der Waals surface area contributed by atoms with E-state index in [2.05, 4.69) is 9.64 Å². The zero-order valence-electron chi connectivity index (χ0n) is 22.7. The predicted octanol–water partition coefficient (Wildman–Crippen LogP) is 4.40. The number of carbonyl (C=O) groups is 1. The first kappa shape index (κ1) is 26.6. The van der Waals surface area contributed by atoms with E-state index >= 15 is 0 Å². The summed E-state index contributed by atoms with van der Waals surface area (Å²) in [6, 6.07) is 8.62. The van der Waals surface area contributed by atoms with E-state index in [9.17, 15) is 28.2 Å². The Hall–Kier alpha value is -3.24. The zero-order chi connectivity index (χ0) is 28.7. The Morgan fingerprint density at radius 3 is 2.78 bits per heavy atom. The summed E-state index contributed by atoms with van der Waals surface area (Å²) in [5.74, 6) is 0.458. The van der Waals surface area contributed by atoms with Crippen molar-refractivity contribution < 1.29 is 37.7 Å². The van der Waals surface area contributed by atoms with Gasteiger partial charge in [0.05, 0.1) is 17.1 Å². The van der Waals surface area contributed by atoms with Crippen LogP contribution in [0, 0.1) is 5.92 Å². The summed E-state index contributed by atoms with van der Waals surface area (Å²) < 4.78 is 48.4. The van der Waals surface area contributed by atoms with Gasteiger partial charge in [-0.1, -0.05) is 18.2 Å². The maximum Gasteiger partial charge on any atom is 0.573 e. The van der Waals surface area contributed by atoms with Crippen molar-refractivity contribution in [3.63, 3.8) is 0 Å². The van der Waals surface area contributed by atoms with Crippen LogP contribution in [0.1, 0.15) is 48.8 Å². The van der Waals surface area contributed by atoms with E-state index in [0.717, 1.165) is 24.2 Å². The third kappa shape index (κ3) is 4.13. The minimum absolute atomic E-state index is 0.0438. The third-order valence-corrected chi connectivity index (χ3v) is 10.1. The summed E-state index contributed by atoms with van der Waals surface area (Å²) in [5.41, 5.74) is 0.582. The van der Waals surface area contributed by atoms with Crippen LogP contribution in [-0.2, 0) is 16.6 Å². The van der Waals surface area contributed by atoms with Gasteiger partial charge < -0.3 is 24.6 Å². The summed E-state index contributed by atoms with van der Waals surface area (Å²) in [6.07, 6.45) is 2.29. The molecule has 1 amide bonds. The second-order valence-corrected chi connectivity index (χ2v) is 12.3. The van der Waals surface area contributed by atoms with E-state index in [0.29, 0.717) is 42.9 Å². The summed E-state index contributed by atoms with van der Waals surface area (Å²) in [5, 5.41) is 23.4. The normalized spacial score (nSPS) is 32.0. The Kier molecular flexibility index (Phi) is 5.93.